The Morgan fingerprint density at radius 1 is 1.60 bits per heavy atom. The monoisotopic (exact) mass is 209 g/mol. The van der Waals surface area contributed by atoms with Crippen LogP contribution in [0.25, 0.3) is 10.4 Å². The van der Waals surface area contributed by atoms with Crippen LogP contribution in [0, 0.1) is 0 Å². The molecular formula is C10H11N3O2. The molecular weight excluding hydrogens is 194 g/mol. The maximum atomic E-state index is 11.1. The molecule has 0 saturated carbocycles. The number of azide groups is 1. The van der Waals surface area contributed by atoms with Crippen molar-refractivity contribution in [2.45, 2.75) is 12.8 Å². The third-order valence-electron chi connectivity index (χ3n) is 1.67. The SMILES string of the molecule is [3H]C(C(=O)OC)C([3H])c1ccc(N=[N+]=[N-])cc1. The van der Waals surface area contributed by atoms with Crippen LogP contribution in [-0.4, -0.2) is 13.1 Å². The van der Waals surface area contributed by atoms with Gasteiger partial charge in [-0.15, -0.1) is 0 Å². The topological polar surface area (TPSA) is 75.1 Å². The molecule has 1 aromatic carbocycles. The van der Waals surface area contributed by atoms with Crippen molar-refractivity contribution in [2.24, 2.45) is 5.11 Å². The fraction of sp³-hybridized carbons (Fsp3) is 0.300. The molecule has 0 N–H and O–H groups in total. The van der Waals surface area contributed by atoms with E-state index in [1.54, 1.807) is 12.1 Å². The minimum atomic E-state index is -1.29. The number of carbonyl (C=O) groups excluding carboxylic acids is 1. The Morgan fingerprint density at radius 2 is 2.27 bits per heavy atom. The zero-order valence-corrected chi connectivity index (χ0v) is 8.12. The molecule has 0 fully saturated rings. The van der Waals surface area contributed by atoms with Gasteiger partial charge in [-0.25, -0.2) is 0 Å². The molecule has 0 aliphatic heterocycles. The molecule has 0 heterocycles. The Labute approximate surface area is 90.1 Å². The lowest BCUT2D eigenvalue weighted by Gasteiger charge is -2.00. The van der Waals surface area contributed by atoms with Gasteiger partial charge in [0.05, 0.1) is 7.11 Å². The van der Waals surface area contributed by atoms with Gasteiger partial charge in [0.2, 0.25) is 0 Å². The van der Waals surface area contributed by atoms with E-state index in [1.807, 2.05) is 0 Å². The Kier molecular flexibility index (Phi) is 3.15. The second-order valence-electron chi connectivity index (χ2n) is 2.64. The molecule has 5 nitrogen and oxygen atoms in total. The second kappa shape index (κ2) is 5.67. The average Bonchev–Trinajstić information content (AvgIpc) is 2.37. The number of carbonyl (C=O) groups is 1. The highest BCUT2D eigenvalue weighted by atomic mass is 16.5. The Balaban J connectivity index is 2.85. The van der Waals surface area contributed by atoms with Crippen molar-refractivity contribution in [2.75, 3.05) is 7.11 Å². The van der Waals surface area contributed by atoms with Crippen molar-refractivity contribution >= 4 is 11.7 Å². The lowest BCUT2D eigenvalue weighted by atomic mass is 10.1. The normalized spacial score (nSPS) is 15.3. The maximum absolute atomic E-state index is 11.1. The van der Waals surface area contributed by atoms with Crippen LogP contribution in [0.4, 0.5) is 5.69 Å². The lowest BCUT2D eigenvalue weighted by molar-refractivity contribution is -0.140. The zero-order valence-electron chi connectivity index (χ0n) is 10.1. The number of hydrogen-bond acceptors (Lipinski definition) is 3. The summed E-state index contributed by atoms with van der Waals surface area (Å²) < 4.78 is 19.6. The molecule has 0 bridgehead atoms. The molecule has 0 spiro atoms. The minimum absolute atomic E-state index is 0.419. The summed E-state index contributed by atoms with van der Waals surface area (Å²) in [4.78, 5) is 13.7. The van der Waals surface area contributed by atoms with E-state index >= 15 is 0 Å². The van der Waals surface area contributed by atoms with Crippen LogP contribution in [0.2, 0.25) is 0 Å². The number of aryl methyl sites for hydroxylation is 1. The van der Waals surface area contributed by atoms with Gasteiger partial charge in [-0.2, -0.15) is 0 Å². The lowest BCUT2D eigenvalue weighted by Crippen LogP contribution is -2.01. The maximum Gasteiger partial charge on any atom is 0.305 e. The van der Waals surface area contributed by atoms with E-state index in [1.165, 1.54) is 19.2 Å². The summed E-state index contributed by atoms with van der Waals surface area (Å²) >= 11 is 0. The van der Waals surface area contributed by atoms with Crippen LogP contribution < -0.4 is 0 Å². The molecule has 0 aromatic heterocycles. The minimum Gasteiger partial charge on any atom is -0.469 e. The molecule has 2 unspecified atom stereocenters. The highest BCUT2D eigenvalue weighted by Gasteiger charge is 2.00. The second-order valence-corrected chi connectivity index (χ2v) is 2.64. The van der Waals surface area contributed by atoms with E-state index in [2.05, 4.69) is 14.8 Å². The van der Waals surface area contributed by atoms with E-state index in [-0.39, 0.29) is 0 Å². The zero-order chi connectivity index (χ0) is 12.8. The molecule has 2 atom stereocenters. The van der Waals surface area contributed by atoms with E-state index in [9.17, 15) is 4.79 Å². The predicted molar refractivity (Wildman–Crippen MR) is 55.6 cm³/mol. The van der Waals surface area contributed by atoms with Crippen molar-refractivity contribution in [3.63, 3.8) is 0 Å². The van der Waals surface area contributed by atoms with Crippen LogP contribution in [0.5, 0.6) is 0 Å². The van der Waals surface area contributed by atoms with Gasteiger partial charge in [0, 0.05) is 19.7 Å². The summed E-state index contributed by atoms with van der Waals surface area (Å²) in [5.41, 5.74) is 9.13. The van der Waals surface area contributed by atoms with Crippen LogP contribution in [0.3, 0.4) is 0 Å². The van der Waals surface area contributed by atoms with Crippen molar-refractivity contribution in [1.82, 2.24) is 0 Å². The molecule has 0 amide bonds. The largest absolute Gasteiger partial charge is 0.469 e. The molecule has 1 aromatic rings. The third-order valence-corrected chi connectivity index (χ3v) is 1.67. The molecule has 0 aliphatic carbocycles. The summed E-state index contributed by atoms with van der Waals surface area (Å²) in [6.45, 7) is 0. The highest BCUT2D eigenvalue weighted by Crippen LogP contribution is 2.14. The first-order valence-corrected chi connectivity index (χ1v) is 4.17. The quantitative estimate of drug-likeness (QED) is 0.331. The van der Waals surface area contributed by atoms with Crippen molar-refractivity contribution in [1.29, 1.82) is 0 Å². The van der Waals surface area contributed by atoms with Crippen LogP contribution in [0.1, 0.15) is 14.7 Å². The third kappa shape index (κ3) is 3.70. The Bertz CT molecular complexity index is 443. The molecule has 15 heavy (non-hydrogen) atoms. The molecule has 5 heteroatoms. The summed E-state index contributed by atoms with van der Waals surface area (Å²) in [5.74, 6) is -0.746. The van der Waals surface area contributed by atoms with Gasteiger partial charge >= 0.3 is 5.97 Å². The molecule has 0 aliphatic rings. The number of methoxy groups -OCH3 is 1. The van der Waals surface area contributed by atoms with Crippen LogP contribution >= 0.6 is 0 Å². The first kappa shape index (κ1) is 8.32. The Morgan fingerprint density at radius 3 is 2.80 bits per heavy atom. The number of benzene rings is 1. The highest BCUT2D eigenvalue weighted by molar-refractivity contribution is 5.69. The first-order valence-electron chi connectivity index (χ1n) is 5.33. The Hall–Kier alpha value is -2.00. The molecule has 78 valence electrons. The van der Waals surface area contributed by atoms with Gasteiger partial charge in [-0.05, 0) is 17.5 Å². The standard InChI is InChI=1S/C10H11N3O2/c1-15-10(14)7-4-8-2-5-9(6-3-8)12-13-11/h2-3,5-6H,4,7H2,1H3/i4T,7T. The number of ether oxygens (including phenoxy) is 1. The molecule has 0 saturated heterocycles. The average molecular weight is 209 g/mol. The van der Waals surface area contributed by atoms with Crippen LogP contribution in [0.15, 0.2) is 29.4 Å². The summed E-state index contributed by atoms with van der Waals surface area (Å²) in [6.07, 6.45) is -2.31. The van der Waals surface area contributed by atoms with E-state index in [4.69, 9.17) is 8.27 Å². The number of rotatable bonds is 4. The van der Waals surface area contributed by atoms with Gasteiger partial charge in [-0.1, -0.05) is 29.4 Å². The van der Waals surface area contributed by atoms with Gasteiger partial charge < -0.3 is 4.74 Å². The van der Waals surface area contributed by atoms with Crippen molar-refractivity contribution in [3.05, 3.63) is 40.3 Å². The fourth-order valence-electron chi connectivity index (χ4n) is 0.936. The predicted octanol–water partition coefficient (Wildman–Crippen LogP) is 2.73. The van der Waals surface area contributed by atoms with Gasteiger partial charge in [0.15, 0.2) is 0 Å². The van der Waals surface area contributed by atoms with Crippen molar-refractivity contribution < 1.29 is 12.3 Å². The first-order chi connectivity index (χ1) is 8.10. The van der Waals surface area contributed by atoms with Gasteiger partial charge in [0.25, 0.3) is 0 Å². The summed E-state index contributed by atoms with van der Waals surface area (Å²) in [6, 6.07) is 6.15. The van der Waals surface area contributed by atoms with Crippen molar-refractivity contribution in [3.8, 4) is 0 Å². The van der Waals surface area contributed by atoms with E-state index < -0.39 is 18.8 Å². The summed E-state index contributed by atoms with van der Waals surface area (Å²) in [7, 11) is 1.18. The van der Waals surface area contributed by atoms with Crippen LogP contribution in [-0.2, 0) is 15.9 Å². The van der Waals surface area contributed by atoms with E-state index in [0.717, 1.165) is 0 Å². The summed E-state index contributed by atoms with van der Waals surface area (Å²) in [5, 5.41) is 3.38. The van der Waals surface area contributed by atoms with Gasteiger partial charge in [0.1, 0.15) is 0 Å². The number of hydrogen-bond donors (Lipinski definition) is 0. The fourth-order valence-corrected chi connectivity index (χ4v) is 0.936. The molecule has 0 radical (unpaired) electrons. The number of nitrogens with zero attached hydrogens (tertiary/aromatic N) is 3. The molecule has 1 rings (SSSR count). The number of esters is 1. The smallest absolute Gasteiger partial charge is 0.305 e. The van der Waals surface area contributed by atoms with E-state index in [0.29, 0.717) is 11.3 Å². The van der Waals surface area contributed by atoms with Gasteiger partial charge in [-0.3, -0.25) is 4.79 Å².